The van der Waals surface area contributed by atoms with Gasteiger partial charge in [0.15, 0.2) is 0 Å². The van der Waals surface area contributed by atoms with Crippen molar-refractivity contribution in [2.45, 2.75) is 265 Å². The van der Waals surface area contributed by atoms with Crippen LogP contribution in [0.2, 0.25) is 0 Å². The van der Waals surface area contributed by atoms with Crippen LogP contribution in [0.15, 0.2) is 42.5 Å². The topological polar surface area (TPSA) is 90.9 Å². The van der Waals surface area contributed by atoms with Crippen LogP contribution in [0, 0.1) is 23.7 Å². The first-order valence-electron chi connectivity index (χ1n) is 28.3. The molecule has 0 bridgehead atoms. The second-order valence-corrected chi connectivity index (χ2v) is 20.3. The predicted octanol–water partition coefficient (Wildman–Crippen LogP) is 16.5. The van der Waals surface area contributed by atoms with Crippen molar-refractivity contribution < 1.29 is 28.6 Å². The Labute approximate surface area is 406 Å². The molecule has 2 rings (SSSR count). The quantitative estimate of drug-likeness (QED) is 0.0301. The van der Waals surface area contributed by atoms with Gasteiger partial charge in [-0.05, 0) is 119 Å². The summed E-state index contributed by atoms with van der Waals surface area (Å²) in [6, 6.07) is 10.4. The van der Waals surface area contributed by atoms with Crippen molar-refractivity contribution in [3.63, 3.8) is 0 Å². The van der Waals surface area contributed by atoms with Crippen molar-refractivity contribution in [3.8, 4) is 0 Å². The maximum atomic E-state index is 12.5. The van der Waals surface area contributed by atoms with E-state index >= 15 is 0 Å². The maximum Gasteiger partial charge on any atom is 0.306 e. The minimum absolute atomic E-state index is 0.0123. The minimum Gasteiger partial charge on any atom is -0.465 e. The average molecular weight is 922 g/mol. The lowest BCUT2D eigenvalue weighted by atomic mass is 9.96. The summed E-state index contributed by atoms with van der Waals surface area (Å²) >= 11 is 0. The number of hydrogen-bond donors (Lipinski definition) is 1. The minimum atomic E-state index is -0.113. The van der Waals surface area contributed by atoms with E-state index in [2.05, 4.69) is 45.2 Å². The summed E-state index contributed by atoms with van der Waals surface area (Å²) in [4.78, 5) is 37.3. The van der Waals surface area contributed by atoms with E-state index in [4.69, 9.17) is 14.2 Å². The Morgan fingerprint density at radius 3 is 1.61 bits per heavy atom. The highest BCUT2D eigenvalue weighted by molar-refractivity contribution is 5.70. The zero-order valence-corrected chi connectivity index (χ0v) is 43.5. The van der Waals surface area contributed by atoms with E-state index in [0.29, 0.717) is 57.0 Å². The SMILES string of the molecule is CCCCCCC(CCCC)COC(=O)CC/C=C/CCCCC(CCCCC1CC1CCCCCC(=O)OCC(CCCC)CCCCCC)NCCCCC(=O)OCc1ccccc1. The zero-order valence-electron chi connectivity index (χ0n) is 43.5. The number of carbonyl (C=O) groups excluding carboxylic acids is 3. The molecule has 7 nitrogen and oxygen atoms in total. The van der Waals surface area contributed by atoms with E-state index < -0.39 is 0 Å². The molecule has 380 valence electrons. The Balaban J connectivity index is 1.63. The normalized spacial score (nSPS) is 16.0. The number of benzene rings is 1. The zero-order chi connectivity index (χ0) is 47.6. The summed E-state index contributed by atoms with van der Waals surface area (Å²) in [7, 11) is 0. The van der Waals surface area contributed by atoms with E-state index in [-0.39, 0.29) is 17.9 Å². The molecule has 1 aliphatic carbocycles. The van der Waals surface area contributed by atoms with E-state index in [0.717, 1.165) is 68.9 Å². The fourth-order valence-corrected chi connectivity index (χ4v) is 9.51. The first kappa shape index (κ1) is 59.5. The number of unbranched alkanes of at least 4 members (excludes halogenated alkanes) is 14. The molecule has 5 atom stereocenters. The molecule has 5 unspecified atom stereocenters. The van der Waals surface area contributed by atoms with Crippen LogP contribution in [0.3, 0.4) is 0 Å². The first-order chi connectivity index (χ1) is 32.4. The fourth-order valence-electron chi connectivity index (χ4n) is 9.51. The third-order valence-electron chi connectivity index (χ3n) is 14.1. The monoisotopic (exact) mass is 922 g/mol. The molecule has 0 heterocycles. The number of carbonyl (C=O) groups is 3. The van der Waals surface area contributed by atoms with Crippen LogP contribution in [-0.4, -0.2) is 43.7 Å². The lowest BCUT2D eigenvalue weighted by Crippen LogP contribution is -2.30. The van der Waals surface area contributed by atoms with E-state index in [1.807, 2.05) is 30.3 Å². The highest BCUT2D eigenvalue weighted by Crippen LogP contribution is 2.45. The van der Waals surface area contributed by atoms with Gasteiger partial charge in [0.2, 0.25) is 0 Å². The van der Waals surface area contributed by atoms with Gasteiger partial charge in [0, 0.05) is 25.3 Å². The maximum absolute atomic E-state index is 12.5. The smallest absolute Gasteiger partial charge is 0.306 e. The Hall–Kier alpha value is -2.67. The van der Waals surface area contributed by atoms with Gasteiger partial charge < -0.3 is 19.5 Å². The van der Waals surface area contributed by atoms with Crippen LogP contribution in [0.4, 0.5) is 0 Å². The van der Waals surface area contributed by atoms with Crippen LogP contribution in [0.25, 0.3) is 0 Å². The lowest BCUT2D eigenvalue weighted by molar-refractivity contribution is -0.146. The van der Waals surface area contributed by atoms with Crippen LogP contribution in [0.5, 0.6) is 0 Å². The highest BCUT2D eigenvalue weighted by Gasteiger charge is 2.35. The molecular weight excluding hydrogens is 819 g/mol. The third-order valence-corrected chi connectivity index (χ3v) is 14.1. The van der Waals surface area contributed by atoms with Gasteiger partial charge in [-0.2, -0.15) is 0 Å². The van der Waals surface area contributed by atoms with Crippen molar-refractivity contribution in [2.75, 3.05) is 19.8 Å². The first-order valence-corrected chi connectivity index (χ1v) is 28.3. The molecule has 7 heteroatoms. The van der Waals surface area contributed by atoms with E-state index in [1.165, 1.54) is 161 Å². The Morgan fingerprint density at radius 2 is 1.00 bits per heavy atom. The molecule has 0 amide bonds. The van der Waals surface area contributed by atoms with Gasteiger partial charge in [0.25, 0.3) is 0 Å². The summed E-state index contributed by atoms with van der Waals surface area (Å²) in [5.41, 5.74) is 1.03. The lowest BCUT2D eigenvalue weighted by Gasteiger charge is -2.19. The Morgan fingerprint density at radius 1 is 0.515 bits per heavy atom. The molecule has 0 aromatic heterocycles. The van der Waals surface area contributed by atoms with Gasteiger partial charge in [-0.1, -0.05) is 192 Å². The summed E-state index contributed by atoms with van der Waals surface area (Å²) in [5, 5.41) is 3.86. The molecule has 66 heavy (non-hydrogen) atoms. The summed E-state index contributed by atoms with van der Waals surface area (Å²) in [5.74, 6) is 2.69. The highest BCUT2D eigenvalue weighted by atomic mass is 16.5. The molecule has 1 aromatic carbocycles. The number of ether oxygens (including phenoxy) is 3. The summed E-state index contributed by atoms with van der Waals surface area (Å²) in [6.45, 7) is 11.5. The standard InChI is InChI=1S/C59H103NO6/c1-5-9-13-21-35-51(33-11-7-3)48-64-57(61)43-27-18-16-15-17-26-41-56(60-46-32-31-45-59(63)66-50-53-37-23-19-24-38-53)42-30-29-40-55-47-54(55)39-25-20-28-44-58(62)65-49-52(34-12-8-4)36-22-14-10-6-2/h16,18-19,23-24,37-38,51-52,54-56,60H,5-15,17,20-22,25-36,39-50H2,1-4H3/b18-16+. The molecule has 1 aliphatic rings. The Bertz CT molecular complexity index is 1320. The second kappa shape index (κ2) is 42.4. The van der Waals surface area contributed by atoms with Gasteiger partial charge in [0.05, 0.1) is 13.2 Å². The average Bonchev–Trinajstić information content (AvgIpc) is 4.09. The van der Waals surface area contributed by atoms with Crippen LogP contribution in [-0.2, 0) is 35.2 Å². The molecule has 0 saturated heterocycles. The van der Waals surface area contributed by atoms with Crippen LogP contribution >= 0.6 is 0 Å². The predicted molar refractivity (Wildman–Crippen MR) is 277 cm³/mol. The fraction of sp³-hybridized carbons (Fsp3) is 0.814. The molecule has 1 saturated carbocycles. The van der Waals surface area contributed by atoms with Crippen molar-refractivity contribution in [1.82, 2.24) is 5.32 Å². The number of esters is 3. The van der Waals surface area contributed by atoms with Gasteiger partial charge in [-0.3, -0.25) is 14.4 Å². The van der Waals surface area contributed by atoms with Gasteiger partial charge in [0.1, 0.15) is 6.61 Å². The van der Waals surface area contributed by atoms with Gasteiger partial charge in [-0.25, -0.2) is 0 Å². The number of hydrogen-bond acceptors (Lipinski definition) is 7. The van der Waals surface area contributed by atoms with Crippen molar-refractivity contribution >= 4 is 17.9 Å². The number of rotatable bonds is 47. The number of allylic oxidation sites excluding steroid dienone is 2. The Kier molecular flexibility index (Phi) is 38.2. The summed E-state index contributed by atoms with van der Waals surface area (Å²) in [6.07, 6.45) is 44.1. The van der Waals surface area contributed by atoms with Gasteiger partial charge in [-0.15, -0.1) is 0 Å². The van der Waals surface area contributed by atoms with Crippen LogP contribution in [0.1, 0.15) is 258 Å². The molecule has 1 N–H and O–H groups in total. The van der Waals surface area contributed by atoms with E-state index in [1.54, 1.807) is 0 Å². The molecule has 0 aliphatic heterocycles. The molecular formula is C59H103NO6. The van der Waals surface area contributed by atoms with Crippen LogP contribution < -0.4 is 5.32 Å². The number of nitrogens with one attached hydrogen (secondary N) is 1. The third kappa shape index (κ3) is 34.6. The molecule has 0 radical (unpaired) electrons. The molecule has 1 fully saturated rings. The molecule has 0 spiro atoms. The summed E-state index contributed by atoms with van der Waals surface area (Å²) < 4.78 is 17.0. The van der Waals surface area contributed by atoms with E-state index in [9.17, 15) is 14.4 Å². The van der Waals surface area contributed by atoms with Crippen molar-refractivity contribution in [1.29, 1.82) is 0 Å². The van der Waals surface area contributed by atoms with Gasteiger partial charge >= 0.3 is 17.9 Å². The second-order valence-electron chi connectivity index (χ2n) is 20.3. The molecule has 1 aromatic rings. The van der Waals surface area contributed by atoms with Crippen molar-refractivity contribution in [3.05, 3.63) is 48.0 Å². The largest absolute Gasteiger partial charge is 0.465 e. The van der Waals surface area contributed by atoms with Crippen molar-refractivity contribution in [2.24, 2.45) is 23.7 Å².